The Morgan fingerprint density at radius 2 is 1.94 bits per heavy atom. The average Bonchev–Trinajstić information content (AvgIpc) is 2.38. The lowest BCUT2D eigenvalue weighted by Gasteiger charge is -2.11. The maximum absolute atomic E-state index is 9.28. The Morgan fingerprint density at radius 1 is 1.17 bits per heavy atom. The standard InChI is InChI=1S/C14H17BO3/c1-2-3-8-18-14-10-12(15(16)17)9-11-6-4-5-7-13(11)14/h4-7,9-10,16-17H,2-3,8H2,1H3. The molecular weight excluding hydrogens is 227 g/mol. The number of hydrogen-bond acceptors (Lipinski definition) is 3. The van der Waals surface area contributed by atoms with Crippen molar-refractivity contribution in [3.63, 3.8) is 0 Å². The Kier molecular flexibility index (Phi) is 4.23. The van der Waals surface area contributed by atoms with E-state index < -0.39 is 7.12 Å². The molecule has 0 unspecified atom stereocenters. The highest BCUT2D eigenvalue weighted by Gasteiger charge is 2.14. The van der Waals surface area contributed by atoms with Crippen LogP contribution in [0, 0.1) is 0 Å². The van der Waals surface area contributed by atoms with Crippen LogP contribution in [0.3, 0.4) is 0 Å². The number of unbranched alkanes of at least 4 members (excludes halogenated alkanes) is 1. The molecule has 2 aromatic carbocycles. The van der Waals surface area contributed by atoms with Gasteiger partial charge < -0.3 is 14.8 Å². The van der Waals surface area contributed by atoms with Crippen molar-refractivity contribution in [3.8, 4) is 5.75 Å². The van der Waals surface area contributed by atoms with Crippen LogP contribution in [0.25, 0.3) is 10.8 Å². The monoisotopic (exact) mass is 244 g/mol. The number of benzene rings is 2. The lowest BCUT2D eigenvalue weighted by molar-refractivity contribution is 0.313. The molecule has 18 heavy (non-hydrogen) atoms. The molecule has 0 spiro atoms. The van der Waals surface area contributed by atoms with Crippen molar-refractivity contribution in [3.05, 3.63) is 36.4 Å². The molecule has 0 radical (unpaired) electrons. The molecule has 2 aromatic rings. The summed E-state index contributed by atoms with van der Waals surface area (Å²) < 4.78 is 5.73. The van der Waals surface area contributed by atoms with Gasteiger partial charge in [0, 0.05) is 5.39 Å². The molecule has 0 bridgehead atoms. The molecule has 94 valence electrons. The van der Waals surface area contributed by atoms with Gasteiger partial charge in [-0.3, -0.25) is 0 Å². The predicted molar refractivity (Wildman–Crippen MR) is 74.2 cm³/mol. The molecule has 0 saturated carbocycles. The van der Waals surface area contributed by atoms with Crippen molar-refractivity contribution in [2.45, 2.75) is 19.8 Å². The molecule has 0 aliphatic rings. The SMILES string of the molecule is CCCCOc1cc(B(O)O)cc2ccccc12. The highest BCUT2D eigenvalue weighted by Crippen LogP contribution is 2.24. The van der Waals surface area contributed by atoms with E-state index in [1.807, 2.05) is 24.3 Å². The Labute approximate surface area is 107 Å². The summed E-state index contributed by atoms with van der Waals surface area (Å²) in [6.07, 6.45) is 2.06. The van der Waals surface area contributed by atoms with Crippen molar-refractivity contribution in [1.29, 1.82) is 0 Å². The van der Waals surface area contributed by atoms with E-state index in [2.05, 4.69) is 6.92 Å². The fraction of sp³-hybridized carbons (Fsp3) is 0.286. The normalized spacial score (nSPS) is 10.6. The first kappa shape index (κ1) is 12.9. The summed E-state index contributed by atoms with van der Waals surface area (Å²) in [7, 11) is -1.47. The Morgan fingerprint density at radius 3 is 2.67 bits per heavy atom. The largest absolute Gasteiger partial charge is 0.493 e. The van der Waals surface area contributed by atoms with Gasteiger partial charge in [0.1, 0.15) is 5.75 Å². The molecule has 2 rings (SSSR count). The molecule has 0 saturated heterocycles. The van der Waals surface area contributed by atoms with Gasteiger partial charge in [-0.25, -0.2) is 0 Å². The van der Waals surface area contributed by atoms with Crippen LogP contribution in [-0.2, 0) is 0 Å². The fourth-order valence-electron chi connectivity index (χ4n) is 1.89. The van der Waals surface area contributed by atoms with Crippen LogP contribution in [0.5, 0.6) is 5.75 Å². The third-order valence-electron chi connectivity index (χ3n) is 2.90. The third-order valence-corrected chi connectivity index (χ3v) is 2.90. The molecule has 0 aliphatic carbocycles. The molecule has 0 atom stereocenters. The van der Waals surface area contributed by atoms with Gasteiger partial charge in [-0.15, -0.1) is 0 Å². The van der Waals surface area contributed by atoms with Gasteiger partial charge in [0.15, 0.2) is 0 Å². The summed E-state index contributed by atoms with van der Waals surface area (Å²) in [6.45, 7) is 2.75. The predicted octanol–water partition coefficient (Wildman–Crippen LogP) is 1.70. The first-order chi connectivity index (χ1) is 8.72. The summed E-state index contributed by atoms with van der Waals surface area (Å²) in [4.78, 5) is 0. The summed E-state index contributed by atoms with van der Waals surface area (Å²) >= 11 is 0. The van der Waals surface area contributed by atoms with E-state index in [4.69, 9.17) is 4.74 Å². The molecule has 0 amide bonds. The van der Waals surface area contributed by atoms with E-state index in [0.29, 0.717) is 17.8 Å². The summed E-state index contributed by atoms with van der Waals surface area (Å²) in [5.41, 5.74) is 0.459. The van der Waals surface area contributed by atoms with E-state index in [1.54, 1.807) is 12.1 Å². The topological polar surface area (TPSA) is 49.7 Å². The van der Waals surface area contributed by atoms with Crippen LogP contribution >= 0.6 is 0 Å². The van der Waals surface area contributed by atoms with Crippen molar-refractivity contribution < 1.29 is 14.8 Å². The van der Waals surface area contributed by atoms with Crippen LogP contribution in [-0.4, -0.2) is 23.8 Å². The minimum atomic E-state index is -1.47. The Hall–Kier alpha value is -1.52. The lowest BCUT2D eigenvalue weighted by atomic mass is 9.79. The average molecular weight is 244 g/mol. The Bertz CT molecular complexity index is 525. The van der Waals surface area contributed by atoms with Crippen molar-refractivity contribution in [2.24, 2.45) is 0 Å². The van der Waals surface area contributed by atoms with E-state index in [0.717, 1.165) is 23.6 Å². The van der Waals surface area contributed by atoms with Crippen molar-refractivity contribution in [2.75, 3.05) is 6.61 Å². The van der Waals surface area contributed by atoms with Crippen molar-refractivity contribution >= 4 is 23.4 Å². The minimum Gasteiger partial charge on any atom is -0.493 e. The zero-order valence-electron chi connectivity index (χ0n) is 10.5. The number of hydrogen-bond donors (Lipinski definition) is 2. The van der Waals surface area contributed by atoms with Gasteiger partial charge in [0.25, 0.3) is 0 Å². The first-order valence-electron chi connectivity index (χ1n) is 6.24. The summed E-state index contributed by atoms with van der Waals surface area (Å²) in [5.74, 6) is 0.713. The van der Waals surface area contributed by atoms with E-state index in [-0.39, 0.29) is 0 Å². The van der Waals surface area contributed by atoms with E-state index in [9.17, 15) is 10.0 Å². The molecule has 0 aliphatic heterocycles. The second kappa shape index (κ2) is 5.89. The van der Waals surface area contributed by atoms with Crippen LogP contribution in [0.15, 0.2) is 36.4 Å². The summed E-state index contributed by atoms with van der Waals surface area (Å²) in [5, 5.41) is 20.5. The van der Waals surface area contributed by atoms with Gasteiger partial charge >= 0.3 is 7.12 Å². The van der Waals surface area contributed by atoms with Crippen LogP contribution < -0.4 is 10.2 Å². The van der Waals surface area contributed by atoms with Gasteiger partial charge in [0.2, 0.25) is 0 Å². The van der Waals surface area contributed by atoms with Gasteiger partial charge in [-0.1, -0.05) is 43.7 Å². The second-order valence-corrected chi connectivity index (χ2v) is 4.32. The number of fused-ring (bicyclic) bond motifs is 1. The highest BCUT2D eigenvalue weighted by atomic mass is 16.5. The quantitative estimate of drug-likeness (QED) is 0.621. The molecule has 4 heteroatoms. The zero-order valence-corrected chi connectivity index (χ0v) is 10.5. The summed E-state index contributed by atoms with van der Waals surface area (Å²) in [6, 6.07) is 11.3. The maximum atomic E-state index is 9.28. The molecule has 0 aromatic heterocycles. The molecule has 0 heterocycles. The first-order valence-corrected chi connectivity index (χ1v) is 6.24. The molecule has 3 nitrogen and oxygen atoms in total. The molecule has 2 N–H and O–H groups in total. The molecular formula is C14H17BO3. The van der Waals surface area contributed by atoms with Gasteiger partial charge in [0.05, 0.1) is 6.61 Å². The van der Waals surface area contributed by atoms with Gasteiger partial charge in [-0.2, -0.15) is 0 Å². The van der Waals surface area contributed by atoms with E-state index >= 15 is 0 Å². The maximum Gasteiger partial charge on any atom is 0.488 e. The Balaban J connectivity index is 2.40. The van der Waals surface area contributed by atoms with Crippen LogP contribution in [0.4, 0.5) is 0 Å². The van der Waals surface area contributed by atoms with Crippen LogP contribution in [0.1, 0.15) is 19.8 Å². The molecule has 0 fully saturated rings. The lowest BCUT2D eigenvalue weighted by Crippen LogP contribution is -2.29. The highest BCUT2D eigenvalue weighted by molar-refractivity contribution is 6.59. The third kappa shape index (κ3) is 2.83. The fourth-order valence-corrected chi connectivity index (χ4v) is 1.89. The van der Waals surface area contributed by atoms with Crippen molar-refractivity contribution in [1.82, 2.24) is 0 Å². The smallest absolute Gasteiger partial charge is 0.488 e. The van der Waals surface area contributed by atoms with Crippen LogP contribution in [0.2, 0.25) is 0 Å². The number of ether oxygens (including phenoxy) is 1. The second-order valence-electron chi connectivity index (χ2n) is 4.32. The van der Waals surface area contributed by atoms with E-state index in [1.165, 1.54) is 0 Å². The number of rotatable bonds is 5. The minimum absolute atomic E-state index is 0.459. The van der Waals surface area contributed by atoms with Gasteiger partial charge in [-0.05, 0) is 23.3 Å². The zero-order chi connectivity index (χ0) is 13.0.